The van der Waals surface area contributed by atoms with E-state index in [0.717, 1.165) is 25.9 Å². The van der Waals surface area contributed by atoms with Gasteiger partial charge in [0.15, 0.2) is 11.5 Å². The van der Waals surface area contributed by atoms with E-state index < -0.39 is 0 Å². The van der Waals surface area contributed by atoms with Gasteiger partial charge in [-0.25, -0.2) is 0 Å². The molecule has 0 bridgehead atoms. The highest BCUT2D eigenvalue weighted by molar-refractivity contribution is 6.34. The number of ether oxygens (including phenoxy) is 2. The first-order valence-electron chi connectivity index (χ1n) is 6.85. The number of fused-ring (bicyclic) bond motifs is 1. The third kappa shape index (κ3) is 2.83. The van der Waals surface area contributed by atoms with Crippen LogP contribution in [0.1, 0.15) is 12.8 Å². The van der Waals surface area contributed by atoms with E-state index in [0.29, 0.717) is 35.4 Å². The lowest BCUT2D eigenvalue weighted by molar-refractivity contribution is -0.120. The van der Waals surface area contributed by atoms with Crippen molar-refractivity contribution >= 4 is 23.2 Å². The lowest BCUT2D eigenvalue weighted by atomic mass is 9.97. The number of halogens is 1. The van der Waals surface area contributed by atoms with Gasteiger partial charge in [-0.2, -0.15) is 0 Å². The summed E-state index contributed by atoms with van der Waals surface area (Å²) in [6.45, 7) is 2.79. The van der Waals surface area contributed by atoms with Gasteiger partial charge in [-0.05, 0) is 25.9 Å². The van der Waals surface area contributed by atoms with E-state index in [1.165, 1.54) is 0 Å². The number of piperidine rings is 1. The van der Waals surface area contributed by atoms with Crippen molar-refractivity contribution in [2.75, 3.05) is 31.6 Å². The summed E-state index contributed by atoms with van der Waals surface area (Å²) in [5.74, 6) is 1.31. The third-order valence-electron chi connectivity index (χ3n) is 3.60. The zero-order chi connectivity index (χ0) is 13.9. The van der Waals surface area contributed by atoms with Gasteiger partial charge in [0.1, 0.15) is 13.2 Å². The number of hydrogen-bond acceptors (Lipinski definition) is 4. The van der Waals surface area contributed by atoms with Gasteiger partial charge < -0.3 is 20.1 Å². The number of nitrogens with one attached hydrogen (secondary N) is 2. The standard InChI is InChI=1S/C14H17ClN2O3/c15-10-7-12-13(20-6-5-19-12)8-11(10)17-14(18)9-1-3-16-4-2-9/h7-9,16H,1-6H2,(H,17,18). The molecule has 2 heterocycles. The maximum absolute atomic E-state index is 12.2. The van der Waals surface area contributed by atoms with Crippen molar-refractivity contribution < 1.29 is 14.3 Å². The van der Waals surface area contributed by atoms with E-state index in [-0.39, 0.29) is 11.8 Å². The number of hydrogen-bond donors (Lipinski definition) is 2. The summed E-state index contributed by atoms with van der Waals surface area (Å²) in [5.41, 5.74) is 0.583. The van der Waals surface area contributed by atoms with E-state index in [1.807, 2.05) is 0 Å². The van der Waals surface area contributed by atoms with E-state index in [9.17, 15) is 4.79 Å². The van der Waals surface area contributed by atoms with Gasteiger partial charge >= 0.3 is 0 Å². The molecule has 2 N–H and O–H groups in total. The van der Waals surface area contributed by atoms with Crippen LogP contribution in [0.3, 0.4) is 0 Å². The fourth-order valence-electron chi connectivity index (χ4n) is 2.48. The highest BCUT2D eigenvalue weighted by atomic mass is 35.5. The van der Waals surface area contributed by atoms with Crippen LogP contribution in [0.5, 0.6) is 11.5 Å². The predicted molar refractivity (Wildman–Crippen MR) is 76.7 cm³/mol. The second-order valence-electron chi connectivity index (χ2n) is 4.99. The van der Waals surface area contributed by atoms with Gasteiger partial charge in [0, 0.05) is 18.1 Å². The van der Waals surface area contributed by atoms with Crippen LogP contribution in [0, 0.1) is 5.92 Å². The Hall–Kier alpha value is -1.46. The molecule has 3 rings (SSSR count). The van der Waals surface area contributed by atoms with Crippen molar-refractivity contribution in [2.45, 2.75) is 12.8 Å². The highest BCUT2D eigenvalue weighted by Gasteiger charge is 2.23. The second-order valence-corrected chi connectivity index (χ2v) is 5.40. The van der Waals surface area contributed by atoms with Crippen molar-refractivity contribution in [1.82, 2.24) is 5.32 Å². The molecular weight excluding hydrogens is 280 g/mol. The molecule has 0 saturated carbocycles. The highest BCUT2D eigenvalue weighted by Crippen LogP contribution is 2.38. The van der Waals surface area contributed by atoms with Crippen LogP contribution >= 0.6 is 11.6 Å². The smallest absolute Gasteiger partial charge is 0.227 e. The summed E-state index contributed by atoms with van der Waals surface area (Å²) in [7, 11) is 0. The molecule has 0 aromatic heterocycles. The van der Waals surface area contributed by atoms with Crippen molar-refractivity contribution in [1.29, 1.82) is 0 Å². The maximum Gasteiger partial charge on any atom is 0.227 e. The number of carbonyl (C=O) groups is 1. The summed E-state index contributed by atoms with van der Waals surface area (Å²) in [4.78, 5) is 12.2. The number of anilines is 1. The van der Waals surface area contributed by atoms with Crippen molar-refractivity contribution in [2.24, 2.45) is 5.92 Å². The first-order chi connectivity index (χ1) is 9.74. The minimum atomic E-state index is 0.0186. The van der Waals surface area contributed by atoms with Gasteiger partial charge in [0.05, 0.1) is 10.7 Å². The zero-order valence-electron chi connectivity index (χ0n) is 11.1. The van der Waals surface area contributed by atoms with E-state index in [1.54, 1.807) is 12.1 Å². The Labute approximate surface area is 122 Å². The first kappa shape index (κ1) is 13.5. The Bertz CT molecular complexity index is 515. The Kier molecular flexibility index (Phi) is 3.98. The lowest BCUT2D eigenvalue weighted by Crippen LogP contribution is -2.34. The minimum absolute atomic E-state index is 0.0186. The largest absolute Gasteiger partial charge is 0.486 e. The summed E-state index contributed by atoms with van der Waals surface area (Å²) in [5, 5.41) is 6.61. The summed E-state index contributed by atoms with van der Waals surface area (Å²) in [6, 6.07) is 3.42. The molecule has 1 aromatic carbocycles. The van der Waals surface area contributed by atoms with Gasteiger partial charge in [0.2, 0.25) is 5.91 Å². The Balaban J connectivity index is 1.74. The normalized spacial score (nSPS) is 18.6. The lowest BCUT2D eigenvalue weighted by Gasteiger charge is -2.23. The van der Waals surface area contributed by atoms with Crippen LogP contribution in [0.2, 0.25) is 5.02 Å². The molecule has 1 fully saturated rings. The molecule has 0 spiro atoms. The maximum atomic E-state index is 12.2. The van der Waals surface area contributed by atoms with E-state index in [2.05, 4.69) is 10.6 Å². The third-order valence-corrected chi connectivity index (χ3v) is 3.91. The number of benzene rings is 1. The fourth-order valence-corrected chi connectivity index (χ4v) is 2.68. The van der Waals surface area contributed by atoms with Gasteiger partial charge in [-0.1, -0.05) is 11.6 Å². The quantitative estimate of drug-likeness (QED) is 0.877. The number of rotatable bonds is 2. The van der Waals surface area contributed by atoms with Crippen LogP contribution in [-0.2, 0) is 4.79 Å². The molecule has 6 heteroatoms. The topological polar surface area (TPSA) is 59.6 Å². The molecule has 0 unspecified atom stereocenters. The summed E-state index contributed by atoms with van der Waals surface area (Å²) >= 11 is 6.18. The van der Waals surface area contributed by atoms with Gasteiger partial charge in [-0.15, -0.1) is 0 Å². The van der Waals surface area contributed by atoms with Crippen LogP contribution < -0.4 is 20.1 Å². The summed E-state index contributed by atoms with van der Waals surface area (Å²) in [6.07, 6.45) is 1.71. The SMILES string of the molecule is O=C(Nc1cc2c(cc1Cl)OCCO2)C1CCNCC1. The molecule has 0 radical (unpaired) electrons. The van der Waals surface area contributed by atoms with Gasteiger partial charge in [-0.3, -0.25) is 4.79 Å². The molecule has 1 saturated heterocycles. The molecular formula is C14H17ClN2O3. The zero-order valence-corrected chi connectivity index (χ0v) is 11.8. The average Bonchev–Trinajstić information content (AvgIpc) is 2.49. The first-order valence-corrected chi connectivity index (χ1v) is 7.22. The van der Waals surface area contributed by atoms with Crippen LogP contribution in [-0.4, -0.2) is 32.2 Å². The molecule has 1 aromatic rings. The fraction of sp³-hybridized carbons (Fsp3) is 0.500. The van der Waals surface area contributed by atoms with Gasteiger partial charge in [0.25, 0.3) is 0 Å². The van der Waals surface area contributed by atoms with Crippen molar-refractivity contribution in [3.8, 4) is 11.5 Å². The minimum Gasteiger partial charge on any atom is -0.486 e. The molecule has 2 aliphatic heterocycles. The van der Waals surface area contributed by atoms with Crippen LogP contribution in [0.4, 0.5) is 5.69 Å². The Morgan fingerprint density at radius 1 is 1.20 bits per heavy atom. The van der Waals surface area contributed by atoms with E-state index >= 15 is 0 Å². The Morgan fingerprint density at radius 3 is 2.55 bits per heavy atom. The summed E-state index contributed by atoms with van der Waals surface area (Å²) < 4.78 is 11.0. The van der Waals surface area contributed by atoms with Crippen molar-refractivity contribution in [3.63, 3.8) is 0 Å². The predicted octanol–water partition coefficient (Wildman–Crippen LogP) is 2.05. The molecule has 0 atom stereocenters. The Morgan fingerprint density at radius 2 is 1.85 bits per heavy atom. The van der Waals surface area contributed by atoms with Crippen LogP contribution in [0.15, 0.2) is 12.1 Å². The molecule has 20 heavy (non-hydrogen) atoms. The molecule has 0 aliphatic carbocycles. The van der Waals surface area contributed by atoms with Crippen molar-refractivity contribution in [3.05, 3.63) is 17.2 Å². The molecule has 2 aliphatic rings. The molecule has 5 nitrogen and oxygen atoms in total. The monoisotopic (exact) mass is 296 g/mol. The number of carbonyl (C=O) groups excluding carboxylic acids is 1. The number of amides is 1. The molecule has 108 valence electrons. The van der Waals surface area contributed by atoms with Crippen LogP contribution in [0.25, 0.3) is 0 Å². The van der Waals surface area contributed by atoms with E-state index in [4.69, 9.17) is 21.1 Å². The molecule has 1 amide bonds. The second kappa shape index (κ2) is 5.89. The average molecular weight is 297 g/mol.